The molecule has 0 saturated heterocycles. The van der Waals surface area contributed by atoms with Gasteiger partial charge in [0.05, 0.1) is 9.26 Å². The number of hydrogen-bond acceptors (Lipinski definition) is 2. The highest BCUT2D eigenvalue weighted by atomic mass is 127. The van der Waals surface area contributed by atoms with Crippen molar-refractivity contribution < 1.29 is 0 Å². The third-order valence-electron chi connectivity index (χ3n) is 1.65. The van der Waals surface area contributed by atoms with Crippen molar-refractivity contribution in [3.8, 4) is 0 Å². The molecule has 1 rings (SSSR count). The van der Waals surface area contributed by atoms with Gasteiger partial charge in [0.25, 0.3) is 5.56 Å². The number of aromatic nitrogens is 2. The molecule has 0 fully saturated rings. The van der Waals surface area contributed by atoms with E-state index in [1.807, 2.05) is 22.6 Å². The zero-order chi connectivity index (χ0) is 10.0. The lowest BCUT2D eigenvalue weighted by Gasteiger charge is -2.06. The minimum absolute atomic E-state index is 0.0243. The number of halogens is 1. The molecule has 4 heteroatoms. The topological polar surface area (TPSA) is 45.8 Å². The van der Waals surface area contributed by atoms with Gasteiger partial charge in [-0.1, -0.05) is 13.8 Å². The number of nitrogens with zero attached hydrogens (tertiary/aromatic N) is 1. The molecule has 1 N–H and O–H groups in total. The second-order valence-electron chi connectivity index (χ2n) is 3.51. The zero-order valence-corrected chi connectivity index (χ0v) is 10.2. The molecule has 0 bridgehead atoms. The van der Waals surface area contributed by atoms with Crippen molar-refractivity contribution in [2.75, 3.05) is 0 Å². The molecule has 0 unspecified atom stereocenters. The smallest absolute Gasteiger partial charge is 0.264 e. The van der Waals surface area contributed by atoms with Crippen LogP contribution >= 0.6 is 22.6 Å². The third-order valence-corrected chi connectivity index (χ3v) is 2.76. The van der Waals surface area contributed by atoms with Crippen molar-refractivity contribution in [1.82, 2.24) is 9.97 Å². The summed E-state index contributed by atoms with van der Waals surface area (Å²) in [6.45, 7) is 6.05. The Morgan fingerprint density at radius 3 is 2.69 bits per heavy atom. The fraction of sp³-hybridized carbons (Fsp3) is 0.556. The number of aromatic amines is 1. The second kappa shape index (κ2) is 4.21. The maximum absolute atomic E-state index is 11.3. The summed E-state index contributed by atoms with van der Waals surface area (Å²) >= 11 is 2.05. The molecule has 3 nitrogen and oxygen atoms in total. The van der Waals surface area contributed by atoms with Crippen LogP contribution in [0.3, 0.4) is 0 Å². The van der Waals surface area contributed by atoms with Crippen molar-refractivity contribution >= 4 is 22.6 Å². The molecule has 0 aliphatic heterocycles. The summed E-state index contributed by atoms with van der Waals surface area (Å²) in [6, 6.07) is 0. The SMILES string of the molecule is Cc1nc(CC(C)C)c(I)c(=O)[nH]1. The summed E-state index contributed by atoms with van der Waals surface area (Å²) in [5.74, 6) is 1.23. The fourth-order valence-electron chi connectivity index (χ4n) is 1.15. The van der Waals surface area contributed by atoms with Crippen LogP contribution in [0.5, 0.6) is 0 Å². The first-order valence-corrected chi connectivity index (χ1v) is 5.34. The average Bonchev–Trinajstić information content (AvgIpc) is 1.98. The molecule has 1 aromatic heterocycles. The highest BCUT2D eigenvalue weighted by Crippen LogP contribution is 2.09. The molecule has 0 aliphatic carbocycles. The monoisotopic (exact) mass is 292 g/mol. The van der Waals surface area contributed by atoms with Gasteiger partial charge in [0.15, 0.2) is 0 Å². The van der Waals surface area contributed by atoms with Crippen molar-refractivity contribution in [1.29, 1.82) is 0 Å². The van der Waals surface area contributed by atoms with Gasteiger partial charge in [-0.2, -0.15) is 0 Å². The predicted molar refractivity (Wildman–Crippen MR) is 60.9 cm³/mol. The van der Waals surface area contributed by atoms with Gasteiger partial charge in [0.2, 0.25) is 0 Å². The van der Waals surface area contributed by atoms with Gasteiger partial charge < -0.3 is 4.98 Å². The molecule has 72 valence electrons. The second-order valence-corrected chi connectivity index (χ2v) is 4.59. The maximum Gasteiger partial charge on any atom is 0.264 e. The molecule has 13 heavy (non-hydrogen) atoms. The van der Waals surface area contributed by atoms with Gasteiger partial charge in [-0.25, -0.2) is 4.98 Å². The Hall–Kier alpha value is -0.390. The van der Waals surface area contributed by atoms with Crippen LogP contribution in [0.1, 0.15) is 25.4 Å². The van der Waals surface area contributed by atoms with E-state index in [9.17, 15) is 4.79 Å². The number of hydrogen-bond donors (Lipinski definition) is 1. The number of nitrogens with one attached hydrogen (secondary N) is 1. The van der Waals surface area contributed by atoms with Crippen molar-refractivity contribution in [2.24, 2.45) is 5.92 Å². The summed E-state index contributed by atoms with van der Waals surface area (Å²) in [4.78, 5) is 18.3. The highest BCUT2D eigenvalue weighted by molar-refractivity contribution is 14.1. The summed E-state index contributed by atoms with van der Waals surface area (Å²) in [7, 11) is 0. The molecule has 0 amide bonds. The normalized spacial score (nSPS) is 10.8. The van der Waals surface area contributed by atoms with E-state index in [2.05, 4.69) is 23.8 Å². The molecular formula is C9H13IN2O. The predicted octanol–water partition coefficient (Wildman–Crippen LogP) is 1.88. The Morgan fingerprint density at radius 2 is 2.15 bits per heavy atom. The van der Waals surface area contributed by atoms with E-state index in [4.69, 9.17) is 0 Å². The van der Waals surface area contributed by atoms with Crippen LogP contribution in [0.2, 0.25) is 0 Å². The Kier molecular flexibility index (Phi) is 3.47. The lowest BCUT2D eigenvalue weighted by atomic mass is 10.1. The Labute approximate surface area is 91.1 Å². The van der Waals surface area contributed by atoms with Gasteiger partial charge in [-0.15, -0.1) is 0 Å². The Morgan fingerprint density at radius 1 is 1.54 bits per heavy atom. The molecule has 1 aromatic rings. The van der Waals surface area contributed by atoms with Crippen LogP contribution in [-0.4, -0.2) is 9.97 Å². The minimum Gasteiger partial charge on any atom is -0.310 e. The van der Waals surface area contributed by atoms with Crippen molar-refractivity contribution in [2.45, 2.75) is 27.2 Å². The molecular weight excluding hydrogens is 279 g/mol. The van der Waals surface area contributed by atoms with Crippen LogP contribution < -0.4 is 5.56 Å². The molecule has 0 spiro atoms. The Balaban J connectivity index is 3.13. The van der Waals surface area contributed by atoms with E-state index < -0.39 is 0 Å². The third kappa shape index (κ3) is 2.79. The fourth-order valence-corrected chi connectivity index (χ4v) is 1.63. The van der Waals surface area contributed by atoms with E-state index in [1.165, 1.54) is 0 Å². The number of H-pyrrole nitrogens is 1. The first-order valence-electron chi connectivity index (χ1n) is 4.26. The first kappa shape index (κ1) is 10.7. The molecule has 1 heterocycles. The van der Waals surface area contributed by atoms with E-state index in [-0.39, 0.29) is 5.56 Å². The van der Waals surface area contributed by atoms with Gasteiger partial charge in [-0.3, -0.25) is 4.79 Å². The van der Waals surface area contributed by atoms with Crippen molar-refractivity contribution in [3.63, 3.8) is 0 Å². The lowest BCUT2D eigenvalue weighted by Crippen LogP contribution is -2.17. The van der Waals surface area contributed by atoms with Crippen LogP contribution in [0.25, 0.3) is 0 Å². The van der Waals surface area contributed by atoms with Crippen molar-refractivity contribution in [3.05, 3.63) is 25.4 Å². The highest BCUT2D eigenvalue weighted by Gasteiger charge is 2.08. The van der Waals surface area contributed by atoms with E-state index in [0.29, 0.717) is 11.7 Å². The van der Waals surface area contributed by atoms with Gasteiger partial charge in [0.1, 0.15) is 5.82 Å². The van der Waals surface area contributed by atoms with E-state index in [1.54, 1.807) is 6.92 Å². The maximum atomic E-state index is 11.3. The van der Waals surface area contributed by atoms with Gasteiger partial charge in [-0.05, 0) is 41.9 Å². The number of rotatable bonds is 2. The molecule has 0 aliphatic rings. The molecule has 0 radical (unpaired) electrons. The standard InChI is InChI=1S/C9H13IN2O/c1-5(2)4-7-8(10)9(13)12-6(3)11-7/h5H,4H2,1-3H3,(H,11,12,13). The van der Waals surface area contributed by atoms with E-state index >= 15 is 0 Å². The lowest BCUT2D eigenvalue weighted by molar-refractivity contribution is 0.628. The van der Waals surface area contributed by atoms with Crippen LogP contribution in [0, 0.1) is 16.4 Å². The number of aryl methyl sites for hydroxylation is 1. The quantitative estimate of drug-likeness (QED) is 0.846. The van der Waals surface area contributed by atoms with Crippen LogP contribution in [0.15, 0.2) is 4.79 Å². The van der Waals surface area contributed by atoms with Gasteiger partial charge >= 0.3 is 0 Å². The van der Waals surface area contributed by atoms with Crippen LogP contribution in [0.4, 0.5) is 0 Å². The molecule has 0 saturated carbocycles. The Bertz CT molecular complexity index is 357. The summed E-state index contributed by atoms with van der Waals surface area (Å²) in [5, 5.41) is 0. The average molecular weight is 292 g/mol. The molecule has 0 atom stereocenters. The van der Waals surface area contributed by atoms with E-state index in [0.717, 1.165) is 15.7 Å². The zero-order valence-electron chi connectivity index (χ0n) is 8.02. The van der Waals surface area contributed by atoms with Crippen LogP contribution in [-0.2, 0) is 6.42 Å². The largest absolute Gasteiger partial charge is 0.310 e. The van der Waals surface area contributed by atoms with Gasteiger partial charge in [0, 0.05) is 0 Å². The molecule has 0 aromatic carbocycles. The minimum atomic E-state index is -0.0243. The summed E-state index contributed by atoms with van der Waals surface area (Å²) in [5.41, 5.74) is 0.889. The summed E-state index contributed by atoms with van der Waals surface area (Å²) < 4.78 is 0.719. The first-order chi connectivity index (χ1) is 6.00. The summed E-state index contributed by atoms with van der Waals surface area (Å²) in [6.07, 6.45) is 0.864.